The molecule has 0 aliphatic heterocycles. The second-order valence-electron chi connectivity index (χ2n) is 4.42. The summed E-state index contributed by atoms with van der Waals surface area (Å²) in [6.45, 7) is 4.19. The Labute approximate surface area is 108 Å². The van der Waals surface area contributed by atoms with Crippen LogP contribution in [0.15, 0.2) is 6.07 Å². The van der Waals surface area contributed by atoms with E-state index in [9.17, 15) is 0 Å². The Balaban J connectivity index is 3.10. The first kappa shape index (κ1) is 14.0. The minimum atomic E-state index is 0.329. The van der Waals surface area contributed by atoms with Crippen molar-refractivity contribution in [3.63, 3.8) is 0 Å². The molecule has 1 N–H and O–H groups in total. The van der Waals surface area contributed by atoms with Crippen molar-refractivity contribution < 1.29 is 0 Å². The summed E-state index contributed by atoms with van der Waals surface area (Å²) in [4.78, 5) is 11.9. The minimum absolute atomic E-state index is 0.329. The highest BCUT2D eigenvalue weighted by Crippen LogP contribution is 2.19. The lowest BCUT2D eigenvalue weighted by Crippen LogP contribution is -2.20. The van der Waals surface area contributed by atoms with Crippen LogP contribution in [0.1, 0.15) is 20.3 Å². The molecule has 0 aromatic carbocycles. The first-order chi connectivity index (χ1) is 8.47. The number of aromatic nitrogens is 2. The molecule has 0 bridgehead atoms. The van der Waals surface area contributed by atoms with Gasteiger partial charge in [-0.2, -0.15) is 15.2 Å². The standard InChI is InChI=1S/C12H20N6/c1-6-9(2)14-10-7-11(17(3)4)16-12(15-10)18(5)8-13/h7,9H,6H2,1-5H3,(H,14,15,16). The molecule has 1 atom stereocenters. The van der Waals surface area contributed by atoms with Crippen molar-refractivity contribution >= 4 is 17.6 Å². The van der Waals surface area contributed by atoms with Crippen molar-refractivity contribution in [3.8, 4) is 6.19 Å². The quantitative estimate of drug-likeness (QED) is 0.631. The summed E-state index contributed by atoms with van der Waals surface area (Å²) in [6.07, 6.45) is 3.01. The zero-order valence-corrected chi connectivity index (χ0v) is 11.6. The number of hydrogen-bond acceptors (Lipinski definition) is 6. The summed E-state index contributed by atoms with van der Waals surface area (Å²) in [5.74, 6) is 1.91. The molecule has 0 amide bonds. The van der Waals surface area contributed by atoms with E-state index in [4.69, 9.17) is 5.26 Å². The summed E-state index contributed by atoms with van der Waals surface area (Å²) < 4.78 is 0. The number of nitrogens with one attached hydrogen (secondary N) is 1. The van der Waals surface area contributed by atoms with Crippen LogP contribution < -0.4 is 15.1 Å². The molecule has 0 radical (unpaired) electrons. The van der Waals surface area contributed by atoms with E-state index in [0.29, 0.717) is 12.0 Å². The van der Waals surface area contributed by atoms with E-state index < -0.39 is 0 Å². The van der Waals surface area contributed by atoms with Crippen LogP contribution in [0.4, 0.5) is 17.6 Å². The lowest BCUT2D eigenvalue weighted by atomic mass is 10.2. The molecule has 0 fully saturated rings. The van der Waals surface area contributed by atoms with E-state index in [0.717, 1.165) is 18.1 Å². The molecule has 0 aliphatic carbocycles. The second-order valence-corrected chi connectivity index (χ2v) is 4.42. The first-order valence-corrected chi connectivity index (χ1v) is 5.94. The summed E-state index contributed by atoms with van der Waals surface area (Å²) in [5, 5.41) is 12.2. The Kier molecular flexibility index (Phi) is 4.72. The van der Waals surface area contributed by atoms with E-state index >= 15 is 0 Å². The van der Waals surface area contributed by atoms with E-state index in [1.165, 1.54) is 4.90 Å². The van der Waals surface area contributed by atoms with Gasteiger partial charge in [-0.05, 0) is 13.3 Å². The second kappa shape index (κ2) is 6.05. The van der Waals surface area contributed by atoms with E-state index in [1.54, 1.807) is 7.05 Å². The molecule has 0 aliphatic rings. The van der Waals surface area contributed by atoms with Crippen LogP contribution in [-0.2, 0) is 0 Å². The molecule has 1 rings (SSSR count). The van der Waals surface area contributed by atoms with Crippen molar-refractivity contribution in [1.29, 1.82) is 5.26 Å². The van der Waals surface area contributed by atoms with E-state index in [-0.39, 0.29) is 0 Å². The van der Waals surface area contributed by atoms with E-state index in [2.05, 4.69) is 29.1 Å². The third kappa shape index (κ3) is 3.48. The van der Waals surface area contributed by atoms with Crippen molar-refractivity contribution in [2.24, 2.45) is 0 Å². The highest BCUT2D eigenvalue weighted by molar-refractivity contribution is 5.54. The van der Waals surface area contributed by atoms with Crippen molar-refractivity contribution in [2.75, 3.05) is 36.3 Å². The lowest BCUT2D eigenvalue weighted by Gasteiger charge is -2.18. The van der Waals surface area contributed by atoms with E-state index in [1.807, 2.05) is 31.3 Å². The first-order valence-electron chi connectivity index (χ1n) is 5.94. The SMILES string of the molecule is CCC(C)Nc1cc(N(C)C)nc(N(C)C#N)n1. The van der Waals surface area contributed by atoms with Gasteiger partial charge in [0.25, 0.3) is 0 Å². The fourth-order valence-electron chi connectivity index (χ4n) is 1.27. The zero-order valence-electron chi connectivity index (χ0n) is 11.6. The summed E-state index contributed by atoms with van der Waals surface area (Å²) >= 11 is 0. The Bertz CT molecular complexity index is 437. The molecule has 6 heteroatoms. The lowest BCUT2D eigenvalue weighted by molar-refractivity contribution is 0.758. The van der Waals surface area contributed by atoms with Gasteiger partial charge >= 0.3 is 0 Å². The number of nitriles is 1. The molecule has 1 aromatic rings. The van der Waals surface area contributed by atoms with Gasteiger partial charge in [0, 0.05) is 33.3 Å². The maximum absolute atomic E-state index is 8.90. The minimum Gasteiger partial charge on any atom is -0.367 e. The summed E-state index contributed by atoms with van der Waals surface area (Å²) in [7, 11) is 5.46. The van der Waals surface area contributed by atoms with Crippen LogP contribution in [0.3, 0.4) is 0 Å². The summed E-state index contributed by atoms with van der Waals surface area (Å²) in [6, 6.07) is 2.20. The van der Waals surface area contributed by atoms with Crippen LogP contribution in [0.2, 0.25) is 0 Å². The summed E-state index contributed by atoms with van der Waals surface area (Å²) in [5.41, 5.74) is 0. The normalized spacial score (nSPS) is 11.6. The monoisotopic (exact) mass is 248 g/mol. The van der Waals surface area contributed by atoms with Crippen LogP contribution in [0.25, 0.3) is 0 Å². The maximum Gasteiger partial charge on any atom is 0.242 e. The molecule has 98 valence electrons. The molecule has 6 nitrogen and oxygen atoms in total. The van der Waals surface area contributed by atoms with Crippen molar-refractivity contribution in [3.05, 3.63) is 6.07 Å². The van der Waals surface area contributed by atoms with Gasteiger partial charge < -0.3 is 10.2 Å². The Hall–Kier alpha value is -2.03. The van der Waals surface area contributed by atoms with Gasteiger partial charge in [0.05, 0.1) is 0 Å². The average molecular weight is 248 g/mol. The maximum atomic E-state index is 8.90. The average Bonchev–Trinajstić information content (AvgIpc) is 2.37. The van der Waals surface area contributed by atoms with Gasteiger partial charge in [-0.15, -0.1) is 0 Å². The van der Waals surface area contributed by atoms with Crippen LogP contribution >= 0.6 is 0 Å². The Morgan fingerprint density at radius 1 is 1.39 bits per heavy atom. The zero-order chi connectivity index (χ0) is 13.7. The molecule has 1 heterocycles. The van der Waals surface area contributed by atoms with Crippen molar-refractivity contribution in [1.82, 2.24) is 9.97 Å². The number of rotatable bonds is 5. The van der Waals surface area contributed by atoms with Gasteiger partial charge in [-0.3, -0.25) is 4.90 Å². The van der Waals surface area contributed by atoms with Crippen LogP contribution in [0.5, 0.6) is 0 Å². The molecule has 1 aromatic heterocycles. The molecule has 18 heavy (non-hydrogen) atoms. The third-order valence-electron chi connectivity index (χ3n) is 2.62. The predicted molar refractivity (Wildman–Crippen MR) is 73.8 cm³/mol. The van der Waals surface area contributed by atoms with Gasteiger partial charge in [0.15, 0.2) is 6.19 Å². The molecule has 0 spiro atoms. The highest BCUT2D eigenvalue weighted by Gasteiger charge is 2.10. The molecular weight excluding hydrogens is 228 g/mol. The Morgan fingerprint density at radius 3 is 2.56 bits per heavy atom. The van der Waals surface area contributed by atoms with Crippen molar-refractivity contribution in [2.45, 2.75) is 26.3 Å². The fraction of sp³-hybridized carbons (Fsp3) is 0.583. The number of nitrogens with zero attached hydrogens (tertiary/aromatic N) is 5. The largest absolute Gasteiger partial charge is 0.367 e. The Morgan fingerprint density at radius 2 is 2.06 bits per heavy atom. The van der Waals surface area contributed by atoms with Crippen LogP contribution in [0, 0.1) is 11.5 Å². The fourth-order valence-corrected chi connectivity index (χ4v) is 1.27. The molecular formula is C12H20N6. The van der Waals surface area contributed by atoms with Gasteiger partial charge in [-0.25, -0.2) is 0 Å². The molecule has 0 saturated heterocycles. The van der Waals surface area contributed by atoms with Gasteiger partial charge in [0.2, 0.25) is 5.95 Å². The van der Waals surface area contributed by atoms with Crippen LogP contribution in [-0.4, -0.2) is 37.2 Å². The number of hydrogen-bond donors (Lipinski definition) is 1. The number of anilines is 3. The van der Waals surface area contributed by atoms with Gasteiger partial charge in [0.1, 0.15) is 11.6 Å². The predicted octanol–water partition coefficient (Wildman–Crippen LogP) is 1.67. The third-order valence-corrected chi connectivity index (χ3v) is 2.62. The topological polar surface area (TPSA) is 68.1 Å². The van der Waals surface area contributed by atoms with Gasteiger partial charge in [-0.1, -0.05) is 6.92 Å². The highest BCUT2D eigenvalue weighted by atomic mass is 15.3. The smallest absolute Gasteiger partial charge is 0.242 e. The molecule has 1 unspecified atom stereocenters. The molecule has 0 saturated carbocycles.